The quantitative estimate of drug-likeness (QED) is 0.909. The Morgan fingerprint density at radius 2 is 2.22 bits per heavy atom. The summed E-state index contributed by atoms with van der Waals surface area (Å²) in [6, 6.07) is 0.607. The second-order valence-corrected chi connectivity index (χ2v) is 5.28. The molecule has 0 spiro atoms. The molecule has 1 aromatic heterocycles. The van der Waals surface area contributed by atoms with Crippen LogP contribution in [0.3, 0.4) is 0 Å². The monoisotopic (exact) mass is 270 g/mol. The third-order valence-corrected chi connectivity index (χ3v) is 4.24. The number of aromatic nitrogens is 2. The Kier molecular flexibility index (Phi) is 4.65. The van der Waals surface area contributed by atoms with Crippen molar-refractivity contribution in [1.82, 2.24) is 20.0 Å². The molecular weight excluding hydrogens is 248 g/mol. The van der Waals surface area contributed by atoms with Gasteiger partial charge in [0.15, 0.2) is 0 Å². The van der Waals surface area contributed by atoms with E-state index >= 15 is 0 Å². The first-order chi connectivity index (χ1) is 8.67. The van der Waals surface area contributed by atoms with Crippen molar-refractivity contribution in [1.29, 1.82) is 0 Å². The predicted octanol–water partition coefficient (Wildman–Crippen LogP) is 2.05. The lowest BCUT2D eigenvalue weighted by molar-refractivity contribution is 0.145. The van der Waals surface area contributed by atoms with Gasteiger partial charge in [0.2, 0.25) is 0 Å². The fourth-order valence-electron chi connectivity index (χ4n) is 2.63. The summed E-state index contributed by atoms with van der Waals surface area (Å²) in [5, 5.41) is 8.78. The molecule has 4 nitrogen and oxygen atoms in total. The summed E-state index contributed by atoms with van der Waals surface area (Å²) < 4.78 is 2.03. The first-order valence-corrected chi connectivity index (χ1v) is 7.21. The van der Waals surface area contributed by atoms with Crippen molar-refractivity contribution in [3.05, 3.63) is 16.4 Å². The molecule has 0 amide bonds. The molecule has 0 aliphatic carbocycles. The fraction of sp³-hybridized carbons (Fsp3) is 0.769. The van der Waals surface area contributed by atoms with Crippen LogP contribution in [-0.2, 0) is 13.1 Å². The van der Waals surface area contributed by atoms with Gasteiger partial charge < -0.3 is 5.32 Å². The Labute approximate surface area is 114 Å². The van der Waals surface area contributed by atoms with Gasteiger partial charge in [0.25, 0.3) is 0 Å². The van der Waals surface area contributed by atoms with Gasteiger partial charge in [-0.1, -0.05) is 18.5 Å². The maximum atomic E-state index is 6.38. The van der Waals surface area contributed by atoms with Gasteiger partial charge in [0.05, 0.1) is 16.4 Å². The second kappa shape index (κ2) is 6.04. The molecule has 1 aromatic rings. The van der Waals surface area contributed by atoms with Crippen LogP contribution in [0.5, 0.6) is 0 Å². The molecular formula is C13H23ClN4. The van der Waals surface area contributed by atoms with E-state index in [0.717, 1.165) is 49.1 Å². The summed E-state index contributed by atoms with van der Waals surface area (Å²) in [6.45, 7) is 11.4. The van der Waals surface area contributed by atoms with Gasteiger partial charge >= 0.3 is 0 Å². The van der Waals surface area contributed by atoms with Crippen LogP contribution in [0, 0.1) is 6.92 Å². The molecule has 2 rings (SSSR count). The van der Waals surface area contributed by atoms with Crippen molar-refractivity contribution in [2.45, 2.75) is 46.3 Å². The van der Waals surface area contributed by atoms with E-state index in [1.165, 1.54) is 6.42 Å². The summed E-state index contributed by atoms with van der Waals surface area (Å²) in [7, 11) is 0. The molecule has 5 heteroatoms. The van der Waals surface area contributed by atoms with E-state index in [2.05, 4.69) is 29.2 Å². The van der Waals surface area contributed by atoms with Crippen molar-refractivity contribution in [3.63, 3.8) is 0 Å². The number of nitrogens with one attached hydrogen (secondary N) is 1. The van der Waals surface area contributed by atoms with Gasteiger partial charge in [-0.25, -0.2) is 0 Å². The average molecular weight is 271 g/mol. The van der Waals surface area contributed by atoms with Gasteiger partial charge in [-0.15, -0.1) is 0 Å². The summed E-state index contributed by atoms with van der Waals surface area (Å²) in [5.74, 6) is 0. The maximum Gasteiger partial charge on any atom is 0.0860 e. The van der Waals surface area contributed by atoms with E-state index in [4.69, 9.17) is 11.6 Å². The molecule has 1 fully saturated rings. The molecule has 2 heterocycles. The Hall–Kier alpha value is -0.580. The Morgan fingerprint density at radius 3 is 2.89 bits per heavy atom. The van der Waals surface area contributed by atoms with Crippen LogP contribution in [0.25, 0.3) is 0 Å². The van der Waals surface area contributed by atoms with Crippen molar-refractivity contribution in [2.24, 2.45) is 0 Å². The minimum atomic E-state index is 0.607. The predicted molar refractivity (Wildman–Crippen MR) is 75.0 cm³/mol. The molecule has 1 aliphatic rings. The molecule has 1 aliphatic heterocycles. The Balaban J connectivity index is 2.17. The van der Waals surface area contributed by atoms with E-state index in [1.54, 1.807) is 0 Å². The number of piperazine rings is 1. The van der Waals surface area contributed by atoms with Crippen LogP contribution in [-0.4, -0.2) is 40.4 Å². The van der Waals surface area contributed by atoms with E-state index < -0.39 is 0 Å². The molecule has 0 bridgehead atoms. The minimum Gasteiger partial charge on any atom is -0.314 e. The minimum absolute atomic E-state index is 0.607. The lowest BCUT2D eigenvalue weighted by Crippen LogP contribution is -2.50. The number of hydrogen-bond donors (Lipinski definition) is 1. The van der Waals surface area contributed by atoms with Gasteiger partial charge in [-0.3, -0.25) is 9.58 Å². The highest BCUT2D eigenvalue weighted by molar-refractivity contribution is 6.31. The number of halogens is 1. The molecule has 1 atom stereocenters. The summed E-state index contributed by atoms with van der Waals surface area (Å²) in [4.78, 5) is 2.52. The topological polar surface area (TPSA) is 33.1 Å². The molecule has 0 aromatic carbocycles. The molecule has 1 unspecified atom stereocenters. The normalized spacial score (nSPS) is 21.4. The number of aryl methyl sites for hydroxylation is 2. The lowest BCUT2D eigenvalue weighted by atomic mass is 10.1. The van der Waals surface area contributed by atoms with Gasteiger partial charge in [-0.05, 0) is 20.3 Å². The number of nitrogens with zero attached hydrogens (tertiary/aromatic N) is 3. The molecule has 0 radical (unpaired) electrons. The van der Waals surface area contributed by atoms with Crippen LogP contribution in [0.15, 0.2) is 0 Å². The van der Waals surface area contributed by atoms with Crippen LogP contribution in [0.4, 0.5) is 0 Å². The zero-order valence-corrected chi connectivity index (χ0v) is 12.3. The van der Waals surface area contributed by atoms with Crippen LogP contribution in [0.1, 0.15) is 31.7 Å². The van der Waals surface area contributed by atoms with Crippen molar-refractivity contribution < 1.29 is 0 Å². The van der Waals surface area contributed by atoms with Crippen LogP contribution >= 0.6 is 11.6 Å². The van der Waals surface area contributed by atoms with Crippen molar-refractivity contribution in [3.8, 4) is 0 Å². The smallest absolute Gasteiger partial charge is 0.0860 e. The highest BCUT2D eigenvalue weighted by Crippen LogP contribution is 2.23. The SMILES string of the molecule is CCC1CNCCN1Cc1c(Cl)c(C)nn1CC. The average Bonchev–Trinajstić information content (AvgIpc) is 2.67. The van der Waals surface area contributed by atoms with E-state index in [0.29, 0.717) is 6.04 Å². The van der Waals surface area contributed by atoms with E-state index in [9.17, 15) is 0 Å². The van der Waals surface area contributed by atoms with Crippen LogP contribution < -0.4 is 5.32 Å². The zero-order chi connectivity index (χ0) is 13.1. The van der Waals surface area contributed by atoms with Gasteiger partial charge in [0, 0.05) is 38.8 Å². The molecule has 0 saturated carbocycles. The van der Waals surface area contributed by atoms with Crippen LogP contribution in [0.2, 0.25) is 5.02 Å². The zero-order valence-electron chi connectivity index (χ0n) is 11.5. The summed E-state index contributed by atoms with van der Waals surface area (Å²) in [5.41, 5.74) is 2.11. The molecule has 1 N–H and O–H groups in total. The largest absolute Gasteiger partial charge is 0.314 e. The highest BCUT2D eigenvalue weighted by Gasteiger charge is 2.23. The standard InChI is InChI=1S/C13H23ClN4/c1-4-11-8-15-6-7-17(11)9-12-13(14)10(3)16-18(12)5-2/h11,15H,4-9H2,1-3H3. The second-order valence-electron chi connectivity index (χ2n) is 4.90. The summed E-state index contributed by atoms with van der Waals surface area (Å²) in [6.07, 6.45) is 1.17. The third kappa shape index (κ3) is 2.71. The first kappa shape index (κ1) is 13.8. The number of rotatable bonds is 4. The maximum absolute atomic E-state index is 6.38. The number of hydrogen-bond acceptors (Lipinski definition) is 3. The first-order valence-electron chi connectivity index (χ1n) is 6.83. The molecule has 102 valence electrons. The highest BCUT2D eigenvalue weighted by atomic mass is 35.5. The lowest BCUT2D eigenvalue weighted by Gasteiger charge is -2.35. The molecule has 1 saturated heterocycles. The fourth-order valence-corrected chi connectivity index (χ4v) is 2.82. The van der Waals surface area contributed by atoms with Crippen molar-refractivity contribution in [2.75, 3.05) is 19.6 Å². The van der Waals surface area contributed by atoms with Gasteiger partial charge in [-0.2, -0.15) is 5.10 Å². The summed E-state index contributed by atoms with van der Waals surface area (Å²) >= 11 is 6.38. The van der Waals surface area contributed by atoms with Gasteiger partial charge in [0.1, 0.15) is 0 Å². The van der Waals surface area contributed by atoms with Crippen molar-refractivity contribution >= 4 is 11.6 Å². The Morgan fingerprint density at radius 1 is 1.44 bits per heavy atom. The Bertz CT molecular complexity index is 402. The van der Waals surface area contributed by atoms with E-state index in [-0.39, 0.29) is 0 Å². The third-order valence-electron chi connectivity index (χ3n) is 3.75. The molecule has 18 heavy (non-hydrogen) atoms. The van der Waals surface area contributed by atoms with E-state index in [1.807, 2.05) is 11.6 Å².